The van der Waals surface area contributed by atoms with Crippen LogP contribution in [0.3, 0.4) is 0 Å². The number of fused-ring (bicyclic) bond motifs is 2. The number of hydrogen-bond acceptors (Lipinski definition) is 2. The molecule has 0 atom stereocenters. The van der Waals surface area contributed by atoms with Crippen LogP contribution in [-0.4, -0.2) is 17.6 Å². The molecule has 3 nitrogen and oxygen atoms in total. The molecule has 1 spiro atoms. The molecule has 1 aromatic carbocycles. The molecule has 4 heteroatoms. The SMILES string of the molecule is O=C(CCl)c1ccc2c(c1)C1(CCCC1)C(=O)N2. The molecule has 0 unspecified atom stereocenters. The molecule has 3 rings (SSSR count). The summed E-state index contributed by atoms with van der Waals surface area (Å²) in [4.78, 5) is 23.8. The van der Waals surface area contributed by atoms with E-state index in [1.807, 2.05) is 12.1 Å². The summed E-state index contributed by atoms with van der Waals surface area (Å²) in [7, 11) is 0. The van der Waals surface area contributed by atoms with Crippen molar-refractivity contribution in [3.63, 3.8) is 0 Å². The van der Waals surface area contributed by atoms with Crippen LogP contribution in [0, 0.1) is 0 Å². The highest BCUT2D eigenvalue weighted by atomic mass is 35.5. The quantitative estimate of drug-likeness (QED) is 0.659. The molecule has 0 saturated heterocycles. The van der Waals surface area contributed by atoms with Crippen molar-refractivity contribution in [2.45, 2.75) is 31.1 Å². The number of nitrogens with one attached hydrogen (secondary N) is 1. The Hall–Kier alpha value is -1.35. The maximum Gasteiger partial charge on any atom is 0.235 e. The molecule has 1 fully saturated rings. The first-order valence-corrected chi connectivity index (χ1v) is 6.76. The van der Waals surface area contributed by atoms with E-state index in [9.17, 15) is 9.59 Å². The molecular formula is C14H14ClNO2. The highest BCUT2D eigenvalue weighted by molar-refractivity contribution is 6.30. The van der Waals surface area contributed by atoms with E-state index in [-0.39, 0.29) is 17.6 Å². The Morgan fingerprint density at radius 2 is 2.06 bits per heavy atom. The van der Waals surface area contributed by atoms with Gasteiger partial charge in [0.1, 0.15) is 0 Å². The van der Waals surface area contributed by atoms with Gasteiger partial charge in [-0.2, -0.15) is 0 Å². The van der Waals surface area contributed by atoms with Crippen molar-refractivity contribution in [3.05, 3.63) is 29.3 Å². The minimum atomic E-state index is -0.391. The van der Waals surface area contributed by atoms with Gasteiger partial charge in [-0.15, -0.1) is 11.6 Å². The molecule has 18 heavy (non-hydrogen) atoms. The van der Waals surface area contributed by atoms with E-state index in [0.29, 0.717) is 5.56 Å². The number of ketones is 1. The van der Waals surface area contributed by atoms with Gasteiger partial charge in [-0.25, -0.2) is 0 Å². The van der Waals surface area contributed by atoms with Gasteiger partial charge in [0.05, 0.1) is 11.3 Å². The number of Topliss-reactive ketones (excluding diaryl/α,β-unsaturated/α-hetero) is 1. The van der Waals surface area contributed by atoms with Crippen molar-refractivity contribution in [2.24, 2.45) is 0 Å². The topological polar surface area (TPSA) is 46.2 Å². The van der Waals surface area contributed by atoms with E-state index < -0.39 is 5.41 Å². The molecular weight excluding hydrogens is 250 g/mol. The molecule has 0 bridgehead atoms. The number of alkyl halides is 1. The van der Waals surface area contributed by atoms with Crippen molar-refractivity contribution < 1.29 is 9.59 Å². The largest absolute Gasteiger partial charge is 0.325 e. The van der Waals surface area contributed by atoms with E-state index in [1.165, 1.54) is 0 Å². The maximum absolute atomic E-state index is 12.2. The van der Waals surface area contributed by atoms with Crippen LogP contribution in [0.2, 0.25) is 0 Å². The number of carbonyl (C=O) groups excluding carboxylic acids is 2. The summed E-state index contributed by atoms with van der Waals surface area (Å²) in [6.07, 6.45) is 3.90. The number of halogens is 1. The third-order valence-electron chi connectivity index (χ3n) is 4.12. The van der Waals surface area contributed by atoms with Crippen LogP contribution in [-0.2, 0) is 10.2 Å². The van der Waals surface area contributed by atoms with Crippen LogP contribution >= 0.6 is 11.6 Å². The lowest BCUT2D eigenvalue weighted by Crippen LogP contribution is -2.31. The smallest absolute Gasteiger partial charge is 0.235 e. The van der Waals surface area contributed by atoms with Crippen molar-refractivity contribution in [2.75, 3.05) is 11.2 Å². The summed E-state index contributed by atoms with van der Waals surface area (Å²) in [5.74, 6) is -0.0230. The molecule has 1 aliphatic heterocycles. The summed E-state index contributed by atoms with van der Waals surface area (Å²) in [6.45, 7) is 0. The fraction of sp³-hybridized carbons (Fsp3) is 0.429. The fourth-order valence-electron chi connectivity index (χ4n) is 3.14. The van der Waals surface area contributed by atoms with Crippen LogP contribution in [0.25, 0.3) is 0 Å². The number of benzene rings is 1. The average Bonchev–Trinajstić information content (AvgIpc) is 2.97. The first-order chi connectivity index (χ1) is 8.67. The molecule has 1 saturated carbocycles. The summed E-state index contributed by atoms with van der Waals surface area (Å²) < 4.78 is 0. The van der Waals surface area contributed by atoms with E-state index in [0.717, 1.165) is 36.9 Å². The maximum atomic E-state index is 12.2. The minimum Gasteiger partial charge on any atom is -0.325 e. The Morgan fingerprint density at radius 3 is 2.72 bits per heavy atom. The lowest BCUT2D eigenvalue weighted by molar-refractivity contribution is -0.120. The van der Waals surface area contributed by atoms with Crippen LogP contribution in [0.15, 0.2) is 18.2 Å². The molecule has 94 valence electrons. The average molecular weight is 264 g/mol. The second kappa shape index (κ2) is 4.09. The summed E-state index contributed by atoms with van der Waals surface area (Å²) in [6, 6.07) is 5.40. The molecule has 0 aromatic heterocycles. The number of rotatable bonds is 2. The Kier molecular flexibility index (Phi) is 2.67. The first-order valence-electron chi connectivity index (χ1n) is 6.22. The minimum absolute atomic E-state index is 0.0207. The van der Waals surface area contributed by atoms with Gasteiger partial charge < -0.3 is 5.32 Å². The number of anilines is 1. The zero-order valence-corrected chi connectivity index (χ0v) is 10.7. The van der Waals surface area contributed by atoms with Crippen molar-refractivity contribution >= 4 is 29.0 Å². The molecule has 1 N–H and O–H groups in total. The van der Waals surface area contributed by atoms with Gasteiger partial charge in [-0.05, 0) is 36.6 Å². The second-order valence-corrected chi connectivity index (χ2v) is 5.33. The lowest BCUT2D eigenvalue weighted by Gasteiger charge is -2.20. The zero-order chi connectivity index (χ0) is 12.8. The van der Waals surface area contributed by atoms with Gasteiger partial charge in [-0.3, -0.25) is 9.59 Å². The summed E-state index contributed by atoms with van der Waals surface area (Å²) in [5.41, 5.74) is 2.05. The van der Waals surface area contributed by atoms with Crippen molar-refractivity contribution in [3.8, 4) is 0 Å². The number of carbonyl (C=O) groups is 2. The summed E-state index contributed by atoms with van der Waals surface area (Å²) >= 11 is 5.59. The molecule has 2 aliphatic rings. The van der Waals surface area contributed by atoms with Gasteiger partial charge >= 0.3 is 0 Å². The van der Waals surface area contributed by atoms with E-state index in [2.05, 4.69) is 5.32 Å². The Balaban J connectivity index is 2.10. The van der Waals surface area contributed by atoms with Crippen molar-refractivity contribution in [1.82, 2.24) is 0 Å². The highest BCUT2D eigenvalue weighted by Gasteiger charge is 2.48. The Bertz CT molecular complexity index is 533. The fourth-order valence-corrected chi connectivity index (χ4v) is 3.29. The molecule has 1 amide bonds. The van der Waals surface area contributed by atoms with Crippen LogP contribution in [0.4, 0.5) is 5.69 Å². The van der Waals surface area contributed by atoms with Crippen LogP contribution < -0.4 is 5.32 Å². The monoisotopic (exact) mass is 263 g/mol. The van der Waals surface area contributed by atoms with Gasteiger partial charge in [0.15, 0.2) is 5.78 Å². The molecule has 0 radical (unpaired) electrons. The third kappa shape index (κ3) is 1.50. The van der Waals surface area contributed by atoms with Crippen LogP contribution in [0.5, 0.6) is 0 Å². The van der Waals surface area contributed by atoms with Crippen LogP contribution in [0.1, 0.15) is 41.6 Å². The normalized spacial score (nSPS) is 19.9. The van der Waals surface area contributed by atoms with E-state index >= 15 is 0 Å². The Labute approximate surface area is 111 Å². The Morgan fingerprint density at radius 1 is 1.33 bits per heavy atom. The second-order valence-electron chi connectivity index (χ2n) is 5.06. The zero-order valence-electron chi connectivity index (χ0n) is 9.96. The van der Waals surface area contributed by atoms with E-state index in [4.69, 9.17) is 11.6 Å². The predicted molar refractivity (Wildman–Crippen MR) is 70.3 cm³/mol. The highest BCUT2D eigenvalue weighted by Crippen LogP contribution is 2.48. The lowest BCUT2D eigenvalue weighted by atomic mass is 9.79. The van der Waals surface area contributed by atoms with Gasteiger partial charge in [0, 0.05) is 11.3 Å². The van der Waals surface area contributed by atoms with Gasteiger partial charge in [-0.1, -0.05) is 12.8 Å². The van der Waals surface area contributed by atoms with E-state index in [1.54, 1.807) is 6.07 Å². The molecule has 1 aliphatic carbocycles. The first kappa shape index (κ1) is 11.7. The standard InChI is InChI=1S/C14H14ClNO2/c15-8-12(17)9-3-4-11-10(7-9)14(13(18)16-11)5-1-2-6-14/h3-4,7H,1-2,5-6,8H2,(H,16,18). The summed E-state index contributed by atoms with van der Waals surface area (Å²) in [5, 5.41) is 2.93. The number of hydrogen-bond donors (Lipinski definition) is 1. The van der Waals surface area contributed by atoms with Gasteiger partial charge in [0.2, 0.25) is 5.91 Å². The van der Waals surface area contributed by atoms with Crippen molar-refractivity contribution in [1.29, 1.82) is 0 Å². The molecule has 1 heterocycles. The predicted octanol–water partition coefficient (Wildman–Crippen LogP) is 2.87. The van der Waals surface area contributed by atoms with Gasteiger partial charge in [0.25, 0.3) is 0 Å². The third-order valence-corrected chi connectivity index (χ3v) is 4.36. The number of amides is 1. The molecule has 1 aromatic rings.